The summed E-state index contributed by atoms with van der Waals surface area (Å²) >= 11 is 0. The summed E-state index contributed by atoms with van der Waals surface area (Å²) in [5, 5.41) is 12.2. The van der Waals surface area contributed by atoms with Gasteiger partial charge in [-0.3, -0.25) is 4.79 Å². The Hall–Kier alpha value is -1.49. The fourth-order valence-electron chi connectivity index (χ4n) is 2.22. The van der Waals surface area contributed by atoms with E-state index in [4.69, 9.17) is 0 Å². The molecule has 1 aromatic rings. The van der Waals surface area contributed by atoms with Gasteiger partial charge in [0.25, 0.3) is 0 Å². The number of nitrogens with one attached hydrogen (secondary N) is 2. The summed E-state index contributed by atoms with van der Waals surface area (Å²) < 4.78 is 49.5. The van der Waals surface area contributed by atoms with Crippen molar-refractivity contribution in [2.75, 3.05) is 11.5 Å². The Morgan fingerprint density at radius 2 is 1.87 bits per heavy atom. The number of hydrogen-bond acceptors (Lipinski definition) is 6. The number of rotatable bonds is 5. The molecule has 1 heterocycles. The van der Waals surface area contributed by atoms with Crippen LogP contribution in [0.2, 0.25) is 0 Å². The number of aliphatic hydroxyl groups is 1. The molecule has 1 aliphatic heterocycles. The largest absolute Gasteiger partial charge is 0.390 e. The average Bonchev–Trinajstić information content (AvgIpc) is 2.68. The van der Waals surface area contributed by atoms with Crippen molar-refractivity contribution < 1.29 is 26.7 Å². The van der Waals surface area contributed by atoms with Crippen LogP contribution in [0.5, 0.6) is 0 Å². The van der Waals surface area contributed by atoms with Crippen molar-refractivity contribution in [1.29, 1.82) is 0 Å². The van der Waals surface area contributed by atoms with Crippen LogP contribution in [-0.2, 0) is 31.2 Å². The van der Waals surface area contributed by atoms with Gasteiger partial charge in [0.2, 0.25) is 15.9 Å². The first kappa shape index (κ1) is 17.9. The number of benzene rings is 1. The van der Waals surface area contributed by atoms with Crippen molar-refractivity contribution in [3.8, 4) is 0 Å². The van der Waals surface area contributed by atoms with E-state index in [0.29, 0.717) is 0 Å². The molecule has 1 amide bonds. The maximum Gasteiger partial charge on any atom is 0.240 e. The van der Waals surface area contributed by atoms with E-state index >= 15 is 0 Å². The molecule has 23 heavy (non-hydrogen) atoms. The highest BCUT2D eigenvalue weighted by atomic mass is 32.2. The molecule has 128 valence electrons. The average molecular weight is 362 g/mol. The number of sulfonamides is 1. The minimum Gasteiger partial charge on any atom is -0.390 e. The van der Waals surface area contributed by atoms with Crippen molar-refractivity contribution in [2.45, 2.75) is 30.5 Å². The summed E-state index contributed by atoms with van der Waals surface area (Å²) in [6, 6.07) is 4.76. The van der Waals surface area contributed by atoms with Crippen LogP contribution in [0.25, 0.3) is 0 Å². The number of amides is 1. The molecule has 8 nitrogen and oxygen atoms in total. The minimum atomic E-state index is -3.94. The Bertz CT molecular complexity index is 786. The molecule has 1 fully saturated rings. The molecule has 1 aromatic carbocycles. The molecule has 2 atom stereocenters. The van der Waals surface area contributed by atoms with E-state index in [9.17, 15) is 26.7 Å². The predicted octanol–water partition coefficient (Wildman–Crippen LogP) is -1.24. The third-order valence-corrected chi connectivity index (χ3v) is 6.63. The third-order valence-electron chi connectivity index (χ3n) is 3.40. The second-order valence-corrected chi connectivity index (χ2v) is 9.29. The molecule has 1 aliphatic rings. The number of carbonyl (C=O) groups excluding carboxylic acids is 1. The van der Waals surface area contributed by atoms with Gasteiger partial charge in [-0.25, -0.2) is 21.6 Å². The van der Waals surface area contributed by atoms with Crippen molar-refractivity contribution >= 4 is 25.8 Å². The molecule has 0 saturated carbocycles. The van der Waals surface area contributed by atoms with Gasteiger partial charge in [-0.05, 0) is 17.7 Å². The van der Waals surface area contributed by atoms with Crippen LogP contribution in [0.3, 0.4) is 0 Å². The summed E-state index contributed by atoms with van der Waals surface area (Å²) in [5.74, 6) is -1.07. The maximum atomic E-state index is 12.2. The summed E-state index contributed by atoms with van der Waals surface area (Å²) in [6.07, 6.45) is -1.26. The number of carbonyl (C=O) groups is 1. The normalized spacial score (nSPS) is 23.6. The molecule has 0 aliphatic carbocycles. The van der Waals surface area contributed by atoms with E-state index in [1.807, 2.05) is 0 Å². The summed E-state index contributed by atoms with van der Waals surface area (Å²) in [5.41, 5.74) is 0.725. The fraction of sp³-hybridized carbons (Fsp3) is 0.462. The molecular formula is C13H18N2O6S2. The molecule has 1 saturated heterocycles. The first-order chi connectivity index (χ1) is 10.6. The van der Waals surface area contributed by atoms with Gasteiger partial charge in [0.1, 0.15) is 0 Å². The highest BCUT2D eigenvalue weighted by Crippen LogP contribution is 2.17. The van der Waals surface area contributed by atoms with Crippen molar-refractivity contribution in [1.82, 2.24) is 10.0 Å². The smallest absolute Gasteiger partial charge is 0.240 e. The molecular weight excluding hydrogens is 344 g/mol. The number of aliphatic hydroxyl groups excluding tert-OH is 1. The lowest BCUT2D eigenvalue weighted by Gasteiger charge is -2.15. The van der Waals surface area contributed by atoms with Gasteiger partial charge in [0.15, 0.2) is 9.84 Å². The van der Waals surface area contributed by atoms with Gasteiger partial charge < -0.3 is 10.4 Å². The molecule has 0 spiro atoms. The van der Waals surface area contributed by atoms with Crippen LogP contribution in [0.4, 0.5) is 0 Å². The van der Waals surface area contributed by atoms with Gasteiger partial charge >= 0.3 is 0 Å². The van der Waals surface area contributed by atoms with Crippen molar-refractivity contribution in [3.05, 3.63) is 29.8 Å². The molecule has 2 rings (SSSR count). The van der Waals surface area contributed by atoms with Crippen molar-refractivity contribution in [2.24, 2.45) is 0 Å². The molecule has 10 heteroatoms. The second kappa shape index (κ2) is 6.56. The maximum absolute atomic E-state index is 12.2. The van der Waals surface area contributed by atoms with Gasteiger partial charge in [0.05, 0.1) is 28.5 Å². The van der Waals surface area contributed by atoms with E-state index in [2.05, 4.69) is 10.0 Å². The molecule has 0 bridgehead atoms. The lowest BCUT2D eigenvalue weighted by molar-refractivity contribution is -0.119. The quantitative estimate of drug-likeness (QED) is 0.601. The zero-order valence-electron chi connectivity index (χ0n) is 12.4. The first-order valence-electron chi connectivity index (χ1n) is 6.83. The van der Waals surface area contributed by atoms with E-state index in [-0.39, 0.29) is 17.3 Å². The Morgan fingerprint density at radius 1 is 1.26 bits per heavy atom. The molecule has 3 N–H and O–H groups in total. The van der Waals surface area contributed by atoms with E-state index in [1.54, 1.807) is 12.1 Å². The standard InChI is InChI=1S/C13H18N2O6S2/c1-9(16)14-6-10-2-4-11(5-3-10)23(20,21)15-12-7-22(18,19)8-13(12)17/h2-5,12-13,15,17H,6-8H2,1H3,(H,14,16)/t12-,13+/m0/s1. The predicted molar refractivity (Wildman–Crippen MR) is 82.7 cm³/mol. The fourth-order valence-corrected chi connectivity index (χ4v) is 5.34. The number of sulfone groups is 1. The topological polar surface area (TPSA) is 130 Å². The van der Waals surface area contributed by atoms with Gasteiger partial charge in [0, 0.05) is 13.5 Å². The molecule has 0 unspecified atom stereocenters. The van der Waals surface area contributed by atoms with E-state index < -0.39 is 43.5 Å². The molecule has 0 radical (unpaired) electrons. The SMILES string of the molecule is CC(=O)NCc1ccc(S(=O)(=O)N[C@H]2CS(=O)(=O)C[C@H]2O)cc1. The molecule has 0 aromatic heterocycles. The van der Waals surface area contributed by atoms with Crippen LogP contribution >= 0.6 is 0 Å². The zero-order chi connectivity index (χ0) is 17.3. The van der Waals surface area contributed by atoms with Gasteiger partial charge in [-0.2, -0.15) is 0 Å². The monoisotopic (exact) mass is 362 g/mol. The first-order valence-corrected chi connectivity index (χ1v) is 10.1. The third kappa shape index (κ3) is 4.74. The van der Waals surface area contributed by atoms with Crippen LogP contribution in [0, 0.1) is 0 Å². The lowest BCUT2D eigenvalue weighted by atomic mass is 10.2. The van der Waals surface area contributed by atoms with E-state index in [1.165, 1.54) is 19.1 Å². The Labute approximate surface area is 134 Å². The Morgan fingerprint density at radius 3 is 2.35 bits per heavy atom. The van der Waals surface area contributed by atoms with Crippen molar-refractivity contribution in [3.63, 3.8) is 0 Å². The highest BCUT2D eigenvalue weighted by Gasteiger charge is 2.38. The van der Waals surface area contributed by atoms with Gasteiger partial charge in [-0.15, -0.1) is 0 Å². The summed E-state index contributed by atoms with van der Waals surface area (Å²) in [6.45, 7) is 1.66. The Balaban J connectivity index is 2.09. The van der Waals surface area contributed by atoms with E-state index in [0.717, 1.165) is 5.56 Å². The van der Waals surface area contributed by atoms with Crippen LogP contribution in [-0.4, -0.2) is 51.5 Å². The summed E-state index contributed by atoms with van der Waals surface area (Å²) in [4.78, 5) is 10.8. The van der Waals surface area contributed by atoms with Gasteiger partial charge in [-0.1, -0.05) is 12.1 Å². The Kier molecular flexibility index (Phi) is 5.09. The second-order valence-electron chi connectivity index (χ2n) is 5.43. The highest BCUT2D eigenvalue weighted by molar-refractivity contribution is 7.92. The summed E-state index contributed by atoms with van der Waals surface area (Å²) in [7, 11) is -7.38. The zero-order valence-corrected chi connectivity index (χ0v) is 14.0. The van der Waals surface area contributed by atoms with Crippen LogP contribution < -0.4 is 10.0 Å². The number of hydrogen-bond donors (Lipinski definition) is 3. The lowest BCUT2D eigenvalue weighted by Crippen LogP contribution is -2.42. The minimum absolute atomic E-state index is 0.0411. The van der Waals surface area contributed by atoms with Crippen LogP contribution in [0.1, 0.15) is 12.5 Å². The van der Waals surface area contributed by atoms with Crippen LogP contribution in [0.15, 0.2) is 29.2 Å².